The fourth-order valence-corrected chi connectivity index (χ4v) is 3.00. The van der Waals surface area contributed by atoms with Gasteiger partial charge < -0.3 is 5.32 Å². The Balaban J connectivity index is 2.80. The molecule has 96 valence electrons. The Kier molecular flexibility index (Phi) is 5.37. The van der Waals surface area contributed by atoms with Gasteiger partial charge >= 0.3 is 0 Å². The molecule has 0 aliphatic rings. The van der Waals surface area contributed by atoms with E-state index in [9.17, 15) is 8.42 Å². The molecule has 0 aromatic carbocycles. The van der Waals surface area contributed by atoms with Crippen LogP contribution >= 0.6 is 0 Å². The van der Waals surface area contributed by atoms with E-state index in [1.165, 1.54) is 4.31 Å². The maximum atomic E-state index is 12.1. The normalized spacial score (nSPS) is 11.4. The minimum absolute atomic E-state index is 0.108. The smallest absolute Gasteiger partial charge is 0.236 e. The zero-order chi connectivity index (χ0) is 12.7. The zero-order valence-corrected chi connectivity index (χ0v) is 11.1. The van der Waals surface area contributed by atoms with Gasteiger partial charge in [-0.05, 0) is 25.6 Å². The van der Waals surface area contributed by atoms with Gasteiger partial charge in [0.1, 0.15) is 0 Å². The van der Waals surface area contributed by atoms with E-state index in [2.05, 4.69) is 10.3 Å². The summed E-state index contributed by atoms with van der Waals surface area (Å²) < 4.78 is 25.6. The molecule has 1 heterocycles. The van der Waals surface area contributed by atoms with Crippen molar-refractivity contribution in [3.8, 4) is 0 Å². The largest absolute Gasteiger partial charge is 0.316 e. The lowest BCUT2D eigenvalue weighted by molar-refractivity contribution is 0.588. The molecule has 6 heteroatoms. The molecule has 0 saturated carbocycles. The number of aromatic nitrogens is 1. The molecule has 0 fully saturated rings. The lowest BCUT2D eigenvalue weighted by atomic mass is 10.4. The molecule has 0 spiro atoms. The van der Waals surface area contributed by atoms with Gasteiger partial charge in [-0.2, -0.15) is 0 Å². The van der Waals surface area contributed by atoms with Gasteiger partial charge in [-0.3, -0.25) is 9.29 Å². The highest BCUT2D eigenvalue weighted by atomic mass is 32.2. The van der Waals surface area contributed by atoms with E-state index in [4.69, 9.17) is 0 Å². The quantitative estimate of drug-likeness (QED) is 0.736. The first kappa shape index (κ1) is 13.9. The van der Waals surface area contributed by atoms with E-state index >= 15 is 0 Å². The van der Waals surface area contributed by atoms with Crippen molar-refractivity contribution in [2.24, 2.45) is 0 Å². The van der Waals surface area contributed by atoms with E-state index in [-0.39, 0.29) is 5.75 Å². The van der Waals surface area contributed by atoms with Crippen LogP contribution in [0.1, 0.15) is 13.8 Å². The van der Waals surface area contributed by atoms with E-state index in [0.29, 0.717) is 18.8 Å². The summed E-state index contributed by atoms with van der Waals surface area (Å²) in [4.78, 5) is 3.89. The molecule has 0 radical (unpaired) electrons. The van der Waals surface area contributed by atoms with Crippen LogP contribution in [0, 0.1) is 0 Å². The average Bonchev–Trinajstić information content (AvgIpc) is 2.31. The molecule has 0 saturated heterocycles. The standard InChI is InChI=1S/C11H19N3O2S/c1-3-12-9-10-17(15,16)14(4-2)11-5-7-13-8-6-11/h5-8,12H,3-4,9-10H2,1-2H3. The predicted octanol–water partition coefficient (Wildman–Crippen LogP) is 0.847. The first-order valence-corrected chi connectivity index (χ1v) is 7.34. The Labute approximate surface area is 103 Å². The number of nitrogens with zero attached hydrogens (tertiary/aromatic N) is 2. The number of rotatable bonds is 7. The molecule has 5 nitrogen and oxygen atoms in total. The minimum atomic E-state index is -3.25. The van der Waals surface area contributed by atoms with E-state index in [1.807, 2.05) is 13.8 Å². The summed E-state index contributed by atoms with van der Waals surface area (Å²) in [6.07, 6.45) is 3.19. The number of anilines is 1. The Morgan fingerprint density at radius 1 is 1.29 bits per heavy atom. The lowest BCUT2D eigenvalue weighted by Crippen LogP contribution is -2.36. The first-order valence-electron chi connectivity index (χ1n) is 5.73. The molecular formula is C11H19N3O2S. The third kappa shape index (κ3) is 3.98. The van der Waals surface area contributed by atoms with Crippen molar-refractivity contribution < 1.29 is 8.42 Å². The maximum absolute atomic E-state index is 12.1. The predicted molar refractivity (Wildman–Crippen MR) is 69.6 cm³/mol. The molecule has 17 heavy (non-hydrogen) atoms. The van der Waals surface area contributed by atoms with Gasteiger partial charge in [0.2, 0.25) is 10.0 Å². The van der Waals surface area contributed by atoms with Crippen molar-refractivity contribution in [1.82, 2.24) is 10.3 Å². The second kappa shape index (κ2) is 6.56. The average molecular weight is 257 g/mol. The molecule has 0 atom stereocenters. The van der Waals surface area contributed by atoms with Crippen molar-refractivity contribution in [3.05, 3.63) is 24.5 Å². The van der Waals surface area contributed by atoms with Crippen molar-refractivity contribution >= 4 is 15.7 Å². The second-order valence-electron chi connectivity index (χ2n) is 3.54. The minimum Gasteiger partial charge on any atom is -0.316 e. The van der Waals surface area contributed by atoms with Crippen LogP contribution in [0.4, 0.5) is 5.69 Å². The summed E-state index contributed by atoms with van der Waals surface area (Å²) in [7, 11) is -3.25. The topological polar surface area (TPSA) is 62.3 Å². The summed E-state index contributed by atoms with van der Waals surface area (Å²) >= 11 is 0. The number of pyridine rings is 1. The van der Waals surface area contributed by atoms with Gasteiger partial charge in [0.05, 0.1) is 11.4 Å². The first-order chi connectivity index (χ1) is 8.11. The van der Waals surface area contributed by atoms with Crippen LogP contribution in [-0.2, 0) is 10.0 Å². The molecule has 1 rings (SSSR count). The second-order valence-corrected chi connectivity index (χ2v) is 5.55. The third-order valence-electron chi connectivity index (χ3n) is 2.36. The van der Waals surface area contributed by atoms with Crippen LogP contribution in [0.3, 0.4) is 0 Å². The summed E-state index contributed by atoms with van der Waals surface area (Å²) in [5.41, 5.74) is 0.666. The summed E-state index contributed by atoms with van der Waals surface area (Å²) in [6.45, 7) is 5.45. The molecule has 1 N–H and O–H groups in total. The maximum Gasteiger partial charge on any atom is 0.236 e. The molecule has 0 aliphatic carbocycles. The van der Waals surface area contributed by atoms with Crippen LogP contribution in [0.25, 0.3) is 0 Å². The molecule has 0 aliphatic heterocycles. The van der Waals surface area contributed by atoms with E-state index < -0.39 is 10.0 Å². The Bertz CT molecular complexity index is 420. The van der Waals surface area contributed by atoms with Crippen molar-refractivity contribution in [2.45, 2.75) is 13.8 Å². The van der Waals surface area contributed by atoms with Gasteiger partial charge in [0, 0.05) is 25.5 Å². The van der Waals surface area contributed by atoms with Crippen molar-refractivity contribution in [3.63, 3.8) is 0 Å². The summed E-state index contributed by atoms with van der Waals surface area (Å²) in [5, 5.41) is 3.02. The van der Waals surface area contributed by atoms with Crippen molar-refractivity contribution in [1.29, 1.82) is 0 Å². The van der Waals surface area contributed by atoms with Crippen LogP contribution < -0.4 is 9.62 Å². The molecular weight excluding hydrogens is 238 g/mol. The molecule has 1 aromatic rings. The van der Waals surface area contributed by atoms with Crippen molar-refractivity contribution in [2.75, 3.05) is 29.7 Å². The third-order valence-corrected chi connectivity index (χ3v) is 4.22. The lowest BCUT2D eigenvalue weighted by Gasteiger charge is -2.22. The Morgan fingerprint density at radius 2 is 1.94 bits per heavy atom. The number of hydrogen-bond acceptors (Lipinski definition) is 4. The highest BCUT2D eigenvalue weighted by Gasteiger charge is 2.19. The molecule has 0 amide bonds. The molecule has 1 aromatic heterocycles. The fraction of sp³-hybridized carbons (Fsp3) is 0.545. The van der Waals surface area contributed by atoms with E-state index in [0.717, 1.165) is 6.54 Å². The highest BCUT2D eigenvalue weighted by Crippen LogP contribution is 2.16. The number of hydrogen-bond donors (Lipinski definition) is 1. The molecule has 0 unspecified atom stereocenters. The fourth-order valence-electron chi connectivity index (χ4n) is 1.54. The summed E-state index contributed by atoms with van der Waals surface area (Å²) in [5.74, 6) is 0.108. The number of sulfonamides is 1. The van der Waals surface area contributed by atoms with Gasteiger partial charge in [-0.1, -0.05) is 6.92 Å². The van der Waals surface area contributed by atoms with Crippen LogP contribution in [0.2, 0.25) is 0 Å². The SMILES string of the molecule is CCNCCS(=O)(=O)N(CC)c1ccncc1. The highest BCUT2D eigenvalue weighted by molar-refractivity contribution is 7.92. The number of nitrogens with one attached hydrogen (secondary N) is 1. The Morgan fingerprint density at radius 3 is 2.47 bits per heavy atom. The van der Waals surface area contributed by atoms with Gasteiger partial charge in [0.25, 0.3) is 0 Å². The van der Waals surface area contributed by atoms with Gasteiger partial charge in [-0.15, -0.1) is 0 Å². The summed E-state index contributed by atoms with van der Waals surface area (Å²) in [6, 6.07) is 3.41. The van der Waals surface area contributed by atoms with Crippen LogP contribution in [0.5, 0.6) is 0 Å². The Hall–Kier alpha value is -1.14. The zero-order valence-electron chi connectivity index (χ0n) is 10.3. The van der Waals surface area contributed by atoms with Gasteiger partial charge in [0.15, 0.2) is 0 Å². The monoisotopic (exact) mass is 257 g/mol. The van der Waals surface area contributed by atoms with Crippen LogP contribution in [0.15, 0.2) is 24.5 Å². The molecule has 0 bridgehead atoms. The van der Waals surface area contributed by atoms with E-state index in [1.54, 1.807) is 24.5 Å². The van der Waals surface area contributed by atoms with Gasteiger partial charge in [-0.25, -0.2) is 8.42 Å². The van der Waals surface area contributed by atoms with Crippen LogP contribution in [-0.4, -0.2) is 38.8 Å².